The van der Waals surface area contributed by atoms with Gasteiger partial charge in [-0.1, -0.05) is 6.07 Å². The van der Waals surface area contributed by atoms with Gasteiger partial charge in [0.05, 0.1) is 24.2 Å². The summed E-state index contributed by atoms with van der Waals surface area (Å²) in [6.07, 6.45) is 0. The summed E-state index contributed by atoms with van der Waals surface area (Å²) in [6, 6.07) is 8.34. The van der Waals surface area contributed by atoms with Gasteiger partial charge in [0.2, 0.25) is 0 Å². The third-order valence-electron chi connectivity index (χ3n) is 2.14. The number of benzene rings is 1. The number of aromatic amines is 1. The van der Waals surface area contributed by atoms with Gasteiger partial charge in [0.15, 0.2) is 0 Å². The molecule has 0 aliphatic carbocycles. The SMILES string of the molecule is COCCn1c(=O)[nH]c2c[c]ccc21. The zero-order chi connectivity index (χ0) is 9.97. The smallest absolute Gasteiger partial charge is 0.326 e. The van der Waals surface area contributed by atoms with Crippen molar-refractivity contribution in [2.75, 3.05) is 13.7 Å². The van der Waals surface area contributed by atoms with Crippen molar-refractivity contribution in [1.82, 2.24) is 9.55 Å². The second-order valence-electron chi connectivity index (χ2n) is 3.02. The summed E-state index contributed by atoms with van der Waals surface area (Å²) < 4.78 is 6.60. The number of nitrogens with zero attached hydrogens (tertiary/aromatic N) is 1. The van der Waals surface area contributed by atoms with Crippen LogP contribution in [0.4, 0.5) is 0 Å². The third kappa shape index (κ3) is 1.44. The van der Waals surface area contributed by atoms with Gasteiger partial charge in [0.1, 0.15) is 0 Å². The fourth-order valence-corrected chi connectivity index (χ4v) is 1.45. The highest BCUT2D eigenvalue weighted by Gasteiger charge is 2.04. The fraction of sp³-hybridized carbons (Fsp3) is 0.300. The minimum absolute atomic E-state index is 0.100. The number of imidazole rings is 1. The lowest BCUT2D eigenvalue weighted by molar-refractivity contribution is 0.187. The summed E-state index contributed by atoms with van der Waals surface area (Å²) in [5, 5.41) is 0. The lowest BCUT2D eigenvalue weighted by atomic mass is 10.3. The first kappa shape index (κ1) is 9.02. The Hall–Kier alpha value is -1.55. The molecule has 2 rings (SSSR count). The van der Waals surface area contributed by atoms with Crippen molar-refractivity contribution < 1.29 is 4.74 Å². The van der Waals surface area contributed by atoms with E-state index in [0.29, 0.717) is 13.2 Å². The van der Waals surface area contributed by atoms with Gasteiger partial charge in [0.25, 0.3) is 0 Å². The Balaban J connectivity index is 2.51. The minimum atomic E-state index is -0.100. The summed E-state index contributed by atoms with van der Waals surface area (Å²) in [4.78, 5) is 14.2. The van der Waals surface area contributed by atoms with Gasteiger partial charge in [-0.3, -0.25) is 4.57 Å². The number of rotatable bonds is 3. The Bertz CT molecular complexity index is 484. The Morgan fingerprint density at radius 1 is 1.64 bits per heavy atom. The van der Waals surface area contributed by atoms with Crippen molar-refractivity contribution in [3.05, 3.63) is 34.7 Å². The van der Waals surface area contributed by atoms with E-state index in [1.807, 2.05) is 6.07 Å². The average molecular weight is 191 g/mol. The molecule has 73 valence electrons. The maximum Gasteiger partial charge on any atom is 0.326 e. The van der Waals surface area contributed by atoms with Crippen LogP contribution in [-0.4, -0.2) is 23.3 Å². The summed E-state index contributed by atoms with van der Waals surface area (Å²) in [7, 11) is 1.62. The number of hydrogen-bond donors (Lipinski definition) is 1. The molecule has 0 spiro atoms. The third-order valence-corrected chi connectivity index (χ3v) is 2.14. The number of fused-ring (bicyclic) bond motifs is 1. The Labute approximate surface area is 81.1 Å². The van der Waals surface area contributed by atoms with E-state index in [4.69, 9.17) is 4.74 Å². The highest BCUT2D eigenvalue weighted by atomic mass is 16.5. The summed E-state index contributed by atoms with van der Waals surface area (Å²) in [5.41, 5.74) is 1.61. The van der Waals surface area contributed by atoms with E-state index < -0.39 is 0 Å². The number of aromatic nitrogens is 2. The molecular weight excluding hydrogens is 180 g/mol. The Morgan fingerprint density at radius 2 is 2.50 bits per heavy atom. The van der Waals surface area contributed by atoms with Gasteiger partial charge >= 0.3 is 5.69 Å². The number of ether oxygens (including phenoxy) is 1. The summed E-state index contributed by atoms with van der Waals surface area (Å²) in [5.74, 6) is 0. The maximum absolute atomic E-state index is 11.5. The molecule has 4 heteroatoms. The normalized spacial score (nSPS) is 10.9. The molecule has 0 unspecified atom stereocenters. The topological polar surface area (TPSA) is 47.0 Å². The number of nitrogens with one attached hydrogen (secondary N) is 1. The van der Waals surface area contributed by atoms with Gasteiger partial charge in [-0.2, -0.15) is 0 Å². The van der Waals surface area contributed by atoms with Crippen molar-refractivity contribution in [2.45, 2.75) is 6.54 Å². The zero-order valence-corrected chi connectivity index (χ0v) is 7.91. The molecule has 1 N–H and O–H groups in total. The molecule has 1 heterocycles. The van der Waals surface area contributed by atoms with Gasteiger partial charge in [0, 0.05) is 7.11 Å². The van der Waals surface area contributed by atoms with Crippen LogP contribution in [0, 0.1) is 6.07 Å². The lowest BCUT2D eigenvalue weighted by Gasteiger charge is -2.00. The first-order valence-corrected chi connectivity index (χ1v) is 4.40. The van der Waals surface area contributed by atoms with Crippen LogP contribution in [0.5, 0.6) is 0 Å². The molecular formula is C10H11N2O2. The standard InChI is InChI=1S/C10H11N2O2/c1-14-7-6-12-9-5-3-2-4-8(9)11-10(12)13/h3-5H,6-7H2,1H3,(H,11,13). The van der Waals surface area contributed by atoms with Crippen LogP contribution in [0.15, 0.2) is 23.0 Å². The van der Waals surface area contributed by atoms with Gasteiger partial charge < -0.3 is 9.72 Å². The maximum atomic E-state index is 11.5. The van der Waals surface area contributed by atoms with Gasteiger partial charge in [-0.15, -0.1) is 0 Å². The second kappa shape index (κ2) is 3.67. The Kier molecular flexibility index (Phi) is 2.37. The predicted octanol–water partition coefficient (Wildman–Crippen LogP) is 0.776. The number of hydrogen-bond acceptors (Lipinski definition) is 2. The molecule has 14 heavy (non-hydrogen) atoms. The molecule has 0 bridgehead atoms. The molecule has 4 nitrogen and oxygen atoms in total. The quantitative estimate of drug-likeness (QED) is 0.779. The van der Waals surface area contributed by atoms with Crippen LogP contribution in [0.3, 0.4) is 0 Å². The minimum Gasteiger partial charge on any atom is -0.383 e. The fourth-order valence-electron chi connectivity index (χ4n) is 1.45. The average Bonchev–Trinajstić information content (AvgIpc) is 2.51. The van der Waals surface area contributed by atoms with E-state index >= 15 is 0 Å². The van der Waals surface area contributed by atoms with Crippen molar-refractivity contribution in [3.63, 3.8) is 0 Å². The summed E-state index contributed by atoms with van der Waals surface area (Å²) >= 11 is 0. The van der Waals surface area contributed by atoms with Gasteiger partial charge in [-0.05, 0) is 18.2 Å². The molecule has 0 amide bonds. The highest BCUT2D eigenvalue weighted by Crippen LogP contribution is 2.07. The van der Waals surface area contributed by atoms with Crippen LogP contribution in [-0.2, 0) is 11.3 Å². The zero-order valence-electron chi connectivity index (χ0n) is 7.91. The highest BCUT2D eigenvalue weighted by molar-refractivity contribution is 5.74. The number of H-pyrrole nitrogens is 1. The van der Waals surface area contributed by atoms with Crippen molar-refractivity contribution in [3.8, 4) is 0 Å². The molecule has 0 aliphatic heterocycles. The van der Waals surface area contributed by atoms with Crippen molar-refractivity contribution in [2.24, 2.45) is 0 Å². The molecule has 0 saturated carbocycles. The number of methoxy groups -OCH3 is 1. The van der Waals surface area contributed by atoms with Crippen molar-refractivity contribution >= 4 is 11.0 Å². The van der Waals surface area contributed by atoms with E-state index in [2.05, 4.69) is 11.1 Å². The predicted molar refractivity (Wildman–Crippen MR) is 53.3 cm³/mol. The van der Waals surface area contributed by atoms with E-state index in [-0.39, 0.29) is 5.69 Å². The molecule has 2 aromatic rings. The van der Waals surface area contributed by atoms with E-state index in [1.165, 1.54) is 0 Å². The monoisotopic (exact) mass is 191 g/mol. The lowest BCUT2D eigenvalue weighted by Crippen LogP contribution is -2.18. The van der Waals surface area contributed by atoms with Crippen LogP contribution in [0.25, 0.3) is 11.0 Å². The largest absolute Gasteiger partial charge is 0.383 e. The van der Waals surface area contributed by atoms with Crippen molar-refractivity contribution in [1.29, 1.82) is 0 Å². The first-order valence-electron chi connectivity index (χ1n) is 4.40. The molecule has 1 aromatic carbocycles. The Morgan fingerprint density at radius 3 is 3.29 bits per heavy atom. The summed E-state index contributed by atoms with van der Waals surface area (Å²) in [6.45, 7) is 1.10. The molecule has 0 fully saturated rings. The van der Waals surface area contributed by atoms with Crippen LogP contribution >= 0.6 is 0 Å². The molecule has 0 atom stereocenters. The second-order valence-corrected chi connectivity index (χ2v) is 3.02. The van der Waals surface area contributed by atoms with E-state index in [9.17, 15) is 4.79 Å². The van der Waals surface area contributed by atoms with Gasteiger partial charge in [-0.25, -0.2) is 4.79 Å². The molecule has 1 radical (unpaired) electrons. The van der Waals surface area contributed by atoms with Crippen LogP contribution in [0.2, 0.25) is 0 Å². The van der Waals surface area contributed by atoms with Crippen LogP contribution in [0.1, 0.15) is 0 Å². The molecule has 0 aliphatic rings. The van der Waals surface area contributed by atoms with E-state index in [0.717, 1.165) is 11.0 Å². The first-order chi connectivity index (χ1) is 6.83. The molecule has 1 aromatic heterocycles. The van der Waals surface area contributed by atoms with Crippen LogP contribution < -0.4 is 5.69 Å². The molecule has 0 saturated heterocycles. The van der Waals surface area contributed by atoms with E-state index in [1.54, 1.807) is 23.8 Å².